The van der Waals surface area contributed by atoms with Crippen LogP contribution in [0.4, 0.5) is 11.6 Å². The van der Waals surface area contributed by atoms with Crippen LogP contribution in [-0.2, 0) is 0 Å². The van der Waals surface area contributed by atoms with E-state index in [9.17, 15) is 4.79 Å². The third-order valence-electron chi connectivity index (χ3n) is 1.26. The van der Waals surface area contributed by atoms with E-state index in [0.717, 1.165) is 0 Å². The first-order chi connectivity index (χ1) is 5.63. The molecule has 6 heteroatoms. The Morgan fingerprint density at radius 3 is 2.25 bits per heavy atom. The lowest BCUT2D eigenvalue weighted by atomic mass is 10.2. The molecule has 1 heterocycles. The second-order valence-electron chi connectivity index (χ2n) is 2.18. The number of hydrogen-bond donors (Lipinski definition) is 4. The highest BCUT2D eigenvalue weighted by molar-refractivity contribution is 5.95. The fraction of sp³-hybridized carbons (Fsp3) is 0. The number of amides is 1. The predicted molar refractivity (Wildman–Crippen MR) is 44.7 cm³/mol. The summed E-state index contributed by atoms with van der Waals surface area (Å²) in [4.78, 5) is 14.6. The smallest absolute Gasteiger partial charge is 0.265 e. The number of carbonyl (C=O) groups excluding carboxylic acids is 1. The Balaban J connectivity index is 3.08. The number of hydrogen-bond acceptors (Lipinski definition) is 5. The number of hydrazine groups is 1. The van der Waals surface area contributed by atoms with Gasteiger partial charge in [-0.3, -0.25) is 10.2 Å². The van der Waals surface area contributed by atoms with Crippen LogP contribution in [0.5, 0.6) is 0 Å². The van der Waals surface area contributed by atoms with Crippen LogP contribution in [0.2, 0.25) is 0 Å². The van der Waals surface area contributed by atoms with Crippen molar-refractivity contribution in [3.8, 4) is 0 Å². The van der Waals surface area contributed by atoms with Crippen LogP contribution in [0.15, 0.2) is 12.1 Å². The van der Waals surface area contributed by atoms with Gasteiger partial charge in [0.25, 0.3) is 5.91 Å². The molecule has 1 rings (SSSR count). The molecule has 0 saturated carbocycles. The molecule has 0 bridgehead atoms. The van der Waals surface area contributed by atoms with Gasteiger partial charge in [0.05, 0.1) is 0 Å². The Bertz CT molecular complexity index is 291. The van der Waals surface area contributed by atoms with E-state index in [4.69, 9.17) is 17.3 Å². The molecule has 64 valence electrons. The second-order valence-corrected chi connectivity index (χ2v) is 2.18. The highest BCUT2D eigenvalue weighted by atomic mass is 16.2. The van der Waals surface area contributed by atoms with E-state index >= 15 is 0 Å². The van der Waals surface area contributed by atoms with Crippen LogP contribution >= 0.6 is 0 Å². The Morgan fingerprint density at radius 2 is 1.83 bits per heavy atom. The lowest BCUT2D eigenvalue weighted by molar-refractivity contribution is 0.0953. The van der Waals surface area contributed by atoms with Gasteiger partial charge in [-0.2, -0.15) is 0 Å². The first-order valence-electron chi connectivity index (χ1n) is 3.17. The molecular weight excluding hydrogens is 158 g/mol. The molecule has 0 fully saturated rings. The van der Waals surface area contributed by atoms with Crippen LogP contribution in [-0.4, -0.2) is 10.9 Å². The van der Waals surface area contributed by atoms with Gasteiger partial charge in [0, 0.05) is 5.56 Å². The third kappa shape index (κ3) is 1.61. The summed E-state index contributed by atoms with van der Waals surface area (Å²) >= 11 is 0. The molecule has 12 heavy (non-hydrogen) atoms. The summed E-state index contributed by atoms with van der Waals surface area (Å²) < 4.78 is 0. The lowest BCUT2D eigenvalue weighted by Crippen LogP contribution is -2.30. The molecule has 0 atom stereocenters. The van der Waals surface area contributed by atoms with E-state index in [2.05, 4.69) is 4.98 Å². The van der Waals surface area contributed by atoms with Gasteiger partial charge in [0.1, 0.15) is 11.6 Å². The minimum atomic E-state index is -0.448. The number of nitrogens with one attached hydrogen (secondary N) is 1. The fourth-order valence-corrected chi connectivity index (χ4v) is 0.788. The number of nitrogens with two attached hydrogens (primary N) is 3. The van der Waals surface area contributed by atoms with E-state index in [-0.39, 0.29) is 11.6 Å². The highest BCUT2D eigenvalue weighted by Gasteiger charge is 2.04. The number of anilines is 2. The molecule has 0 radical (unpaired) electrons. The van der Waals surface area contributed by atoms with Crippen LogP contribution in [0.3, 0.4) is 0 Å². The van der Waals surface area contributed by atoms with Crippen molar-refractivity contribution in [1.29, 1.82) is 0 Å². The fourth-order valence-electron chi connectivity index (χ4n) is 0.788. The van der Waals surface area contributed by atoms with E-state index in [0.29, 0.717) is 5.56 Å². The molecule has 0 aliphatic rings. The number of pyridine rings is 1. The number of carbonyl (C=O) groups is 1. The maximum atomic E-state index is 10.9. The van der Waals surface area contributed by atoms with Crippen molar-refractivity contribution in [2.24, 2.45) is 5.84 Å². The molecule has 1 amide bonds. The van der Waals surface area contributed by atoms with Gasteiger partial charge in [-0.15, -0.1) is 0 Å². The maximum absolute atomic E-state index is 10.9. The minimum Gasteiger partial charge on any atom is -0.384 e. The van der Waals surface area contributed by atoms with Crippen molar-refractivity contribution in [1.82, 2.24) is 10.4 Å². The normalized spacial score (nSPS) is 9.42. The third-order valence-corrected chi connectivity index (χ3v) is 1.26. The lowest BCUT2D eigenvalue weighted by Gasteiger charge is -2.01. The molecule has 6 nitrogen and oxygen atoms in total. The van der Waals surface area contributed by atoms with Gasteiger partial charge in [-0.05, 0) is 12.1 Å². The average Bonchev–Trinajstić information content (AvgIpc) is 2.01. The van der Waals surface area contributed by atoms with Crippen molar-refractivity contribution in [3.63, 3.8) is 0 Å². The van der Waals surface area contributed by atoms with Crippen LogP contribution in [0.25, 0.3) is 0 Å². The zero-order valence-electron chi connectivity index (χ0n) is 6.24. The van der Waals surface area contributed by atoms with Gasteiger partial charge in [-0.25, -0.2) is 10.8 Å². The molecule has 0 aliphatic carbocycles. The zero-order valence-corrected chi connectivity index (χ0v) is 6.24. The van der Waals surface area contributed by atoms with Gasteiger partial charge in [0.15, 0.2) is 0 Å². The van der Waals surface area contributed by atoms with Crippen molar-refractivity contribution in [2.45, 2.75) is 0 Å². The zero-order chi connectivity index (χ0) is 9.14. The van der Waals surface area contributed by atoms with Crippen LogP contribution < -0.4 is 22.7 Å². The first-order valence-corrected chi connectivity index (χ1v) is 3.17. The highest BCUT2D eigenvalue weighted by Crippen LogP contribution is 2.08. The minimum absolute atomic E-state index is 0.189. The van der Waals surface area contributed by atoms with Crippen molar-refractivity contribution >= 4 is 17.5 Å². The Morgan fingerprint density at radius 1 is 1.33 bits per heavy atom. The predicted octanol–water partition coefficient (Wildman–Crippen LogP) is -1.15. The number of aromatic nitrogens is 1. The molecule has 0 saturated heterocycles. The number of rotatable bonds is 1. The summed E-state index contributed by atoms with van der Waals surface area (Å²) in [5, 5.41) is 0. The number of nitrogen functional groups attached to an aromatic ring is 3. The molecule has 1 aromatic heterocycles. The van der Waals surface area contributed by atoms with Gasteiger partial charge >= 0.3 is 0 Å². The van der Waals surface area contributed by atoms with Crippen LogP contribution in [0, 0.1) is 0 Å². The van der Waals surface area contributed by atoms with E-state index in [1.54, 1.807) is 0 Å². The first kappa shape index (κ1) is 8.28. The maximum Gasteiger partial charge on any atom is 0.265 e. The monoisotopic (exact) mass is 167 g/mol. The van der Waals surface area contributed by atoms with Crippen molar-refractivity contribution < 1.29 is 4.79 Å². The van der Waals surface area contributed by atoms with Gasteiger partial charge in [0.2, 0.25) is 0 Å². The molecule has 0 unspecified atom stereocenters. The molecular formula is C6H9N5O. The van der Waals surface area contributed by atoms with E-state index in [1.165, 1.54) is 12.1 Å². The summed E-state index contributed by atoms with van der Waals surface area (Å²) in [5.41, 5.74) is 12.9. The summed E-state index contributed by atoms with van der Waals surface area (Å²) in [5.74, 6) is 4.83. The Kier molecular flexibility index (Phi) is 2.11. The van der Waals surface area contributed by atoms with Crippen molar-refractivity contribution in [2.75, 3.05) is 11.5 Å². The van der Waals surface area contributed by atoms with Crippen LogP contribution in [0.1, 0.15) is 10.4 Å². The SMILES string of the molecule is NNC(=O)c1cc(N)nc(N)c1. The summed E-state index contributed by atoms with van der Waals surface area (Å²) in [7, 11) is 0. The quantitative estimate of drug-likeness (QED) is 0.239. The second kappa shape index (κ2) is 3.05. The van der Waals surface area contributed by atoms with Crippen molar-refractivity contribution in [3.05, 3.63) is 17.7 Å². The molecule has 7 N–H and O–H groups in total. The molecule has 1 aromatic rings. The largest absolute Gasteiger partial charge is 0.384 e. The van der Waals surface area contributed by atoms with Gasteiger partial charge in [-0.1, -0.05) is 0 Å². The molecule has 0 spiro atoms. The number of nitrogens with zero attached hydrogens (tertiary/aromatic N) is 1. The molecule has 0 aromatic carbocycles. The molecule has 0 aliphatic heterocycles. The standard InChI is InChI=1S/C6H9N5O/c7-4-1-3(6(12)11-9)2-5(8)10-4/h1-2H,9H2,(H,11,12)(H4,7,8,10). The average molecular weight is 167 g/mol. The van der Waals surface area contributed by atoms with E-state index in [1.807, 2.05) is 5.43 Å². The Labute approximate surface area is 68.7 Å². The Hall–Kier alpha value is -1.82. The topological polar surface area (TPSA) is 120 Å². The van der Waals surface area contributed by atoms with Gasteiger partial charge < -0.3 is 11.5 Å². The summed E-state index contributed by atoms with van der Waals surface area (Å²) in [6, 6.07) is 2.77. The summed E-state index contributed by atoms with van der Waals surface area (Å²) in [6.45, 7) is 0. The summed E-state index contributed by atoms with van der Waals surface area (Å²) in [6.07, 6.45) is 0. The van der Waals surface area contributed by atoms with E-state index < -0.39 is 5.91 Å².